The van der Waals surface area contributed by atoms with Crippen LogP contribution in [0.2, 0.25) is 0 Å². The summed E-state index contributed by atoms with van der Waals surface area (Å²) in [5.41, 5.74) is 13.2. The summed E-state index contributed by atoms with van der Waals surface area (Å²) >= 11 is 0. The van der Waals surface area contributed by atoms with Crippen molar-refractivity contribution in [2.45, 2.75) is 39.5 Å². The number of unbranched alkanes of at least 4 members (excludes halogenated alkanes) is 2. The van der Waals surface area contributed by atoms with Gasteiger partial charge < -0.3 is 16.4 Å². The van der Waals surface area contributed by atoms with Gasteiger partial charge in [-0.2, -0.15) is 4.98 Å². The fraction of sp³-hybridized carbons (Fsp3) is 0.500. The predicted molar refractivity (Wildman–Crippen MR) is 90.4 cm³/mol. The summed E-state index contributed by atoms with van der Waals surface area (Å²) in [6.45, 7) is 6.36. The number of nitrogen functional groups attached to an aromatic ring is 2. The fourth-order valence-corrected chi connectivity index (χ4v) is 2.53. The third kappa shape index (κ3) is 3.74. The molecule has 0 bridgehead atoms. The lowest BCUT2D eigenvalue weighted by Gasteiger charge is -2.24. The van der Waals surface area contributed by atoms with Crippen molar-refractivity contribution in [3.8, 4) is 0 Å². The van der Waals surface area contributed by atoms with Gasteiger partial charge in [-0.25, -0.2) is 4.98 Å². The summed E-state index contributed by atoms with van der Waals surface area (Å²) in [4.78, 5) is 11.1. The van der Waals surface area contributed by atoms with Crippen LogP contribution in [0.5, 0.6) is 0 Å². The Labute approximate surface area is 126 Å². The molecule has 0 aliphatic rings. The van der Waals surface area contributed by atoms with E-state index in [4.69, 9.17) is 11.5 Å². The first-order valence-corrected chi connectivity index (χ1v) is 7.73. The van der Waals surface area contributed by atoms with E-state index in [0.717, 1.165) is 42.7 Å². The van der Waals surface area contributed by atoms with E-state index in [1.54, 1.807) is 0 Å². The zero-order chi connectivity index (χ0) is 15.2. The highest BCUT2D eigenvalue weighted by Crippen LogP contribution is 2.26. The average molecular weight is 287 g/mol. The Balaban J connectivity index is 2.40. The number of benzene rings is 1. The summed E-state index contributed by atoms with van der Waals surface area (Å²) < 4.78 is 0. The number of aromatic nitrogens is 2. The summed E-state index contributed by atoms with van der Waals surface area (Å²) in [5.74, 6) is 1.23. The molecule has 0 amide bonds. The molecule has 1 heterocycles. The van der Waals surface area contributed by atoms with Crippen molar-refractivity contribution in [2.24, 2.45) is 0 Å². The van der Waals surface area contributed by atoms with Gasteiger partial charge in [-0.3, -0.25) is 0 Å². The molecule has 0 saturated carbocycles. The molecule has 5 heteroatoms. The van der Waals surface area contributed by atoms with Crippen molar-refractivity contribution >= 4 is 28.4 Å². The second-order valence-electron chi connectivity index (χ2n) is 5.38. The van der Waals surface area contributed by atoms with Crippen LogP contribution in [0.15, 0.2) is 18.2 Å². The van der Waals surface area contributed by atoms with Gasteiger partial charge in [-0.05, 0) is 31.0 Å². The minimum atomic E-state index is 0.305. The summed E-state index contributed by atoms with van der Waals surface area (Å²) in [6.07, 6.45) is 4.68. The minimum absolute atomic E-state index is 0.305. The van der Waals surface area contributed by atoms with Gasteiger partial charge >= 0.3 is 0 Å². The van der Waals surface area contributed by atoms with Crippen LogP contribution in [0, 0.1) is 0 Å². The van der Waals surface area contributed by atoms with E-state index in [0.29, 0.717) is 11.6 Å². The number of fused-ring (bicyclic) bond motifs is 1. The molecule has 2 aromatic rings. The molecule has 2 rings (SSSR count). The summed E-state index contributed by atoms with van der Waals surface area (Å²) in [5, 5.41) is 1.02. The predicted octanol–water partition coefficient (Wildman–Crippen LogP) is 3.20. The first-order valence-electron chi connectivity index (χ1n) is 7.73. The van der Waals surface area contributed by atoms with E-state index in [9.17, 15) is 0 Å². The van der Waals surface area contributed by atoms with Gasteiger partial charge in [0.15, 0.2) is 0 Å². The molecule has 0 radical (unpaired) electrons. The Kier molecular flexibility index (Phi) is 5.20. The van der Waals surface area contributed by atoms with E-state index >= 15 is 0 Å². The molecular formula is C16H25N5. The van der Waals surface area contributed by atoms with Gasteiger partial charge in [0, 0.05) is 24.2 Å². The van der Waals surface area contributed by atoms with Crippen LogP contribution in [0.4, 0.5) is 17.5 Å². The third-order valence-corrected chi connectivity index (χ3v) is 3.54. The third-order valence-electron chi connectivity index (χ3n) is 3.54. The van der Waals surface area contributed by atoms with Crippen molar-refractivity contribution < 1.29 is 0 Å². The molecule has 0 saturated heterocycles. The highest BCUT2D eigenvalue weighted by Gasteiger charge is 2.13. The quantitative estimate of drug-likeness (QED) is 0.603. The second kappa shape index (κ2) is 7.11. The maximum absolute atomic E-state index is 5.87. The SMILES string of the molecule is CCCCCN(CCC)c1nc(N)nc2cc(N)ccc12. The molecule has 0 aliphatic carbocycles. The summed E-state index contributed by atoms with van der Waals surface area (Å²) in [6, 6.07) is 5.73. The number of hydrogen-bond donors (Lipinski definition) is 2. The normalized spacial score (nSPS) is 11.0. The van der Waals surface area contributed by atoms with Crippen LogP contribution in [0.25, 0.3) is 10.9 Å². The summed E-state index contributed by atoms with van der Waals surface area (Å²) in [7, 11) is 0. The molecule has 0 unspecified atom stereocenters. The van der Waals surface area contributed by atoms with Gasteiger partial charge in [0.05, 0.1) is 5.52 Å². The zero-order valence-corrected chi connectivity index (χ0v) is 13.0. The van der Waals surface area contributed by atoms with Gasteiger partial charge in [0.1, 0.15) is 5.82 Å². The molecule has 0 spiro atoms. The number of nitrogens with zero attached hydrogens (tertiary/aromatic N) is 3. The van der Waals surface area contributed by atoms with E-state index in [2.05, 4.69) is 28.7 Å². The second-order valence-corrected chi connectivity index (χ2v) is 5.38. The Hall–Kier alpha value is -2.04. The fourth-order valence-electron chi connectivity index (χ4n) is 2.53. The van der Waals surface area contributed by atoms with E-state index < -0.39 is 0 Å². The molecule has 114 valence electrons. The highest BCUT2D eigenvalue weighted by molar-refractivity contribution is 5.92. The van der Waals surface area contributed by atoms with Crippen LogP contribution in [-0.4, -0.2) is 23.1 Å². The van der Waals surface area contributed by atoms with E-state index in [-0.39, 0.29) is 0 Å². The van der Waals surface area contributed by atoms with Crippen molar-refractivity contribution in [3.63, 3.8) is 0 Å². The van der Waals surface area contributed by atoms with Crippen LogP contribution in [0.3, 0.4) is 0 Å². The minimum Gasteiger partial charge on any atom is -0.399 e. The van der Waals surface area contributed by atoms with Crippen molar-refractivity contribution in [3.05, 3.63) is 18.2 Å². The topological polar surface area (TPSA) is 81.1 Å². The van der Waals surface area contributed by atoms with Gasteiger partial charge in [-0.15, -0.1) is 0 Å². The molecule has 1 aromatic heterocycles. The van der Waals surface area contributed by atoms with Crippen molar-refractivity contribution in [2.75, 3.05) is 29.5 Å². The Morgan fingerprint density at radius 3 is 2.52 bits per heavy atom. The zero-order valence-electron chi connectivity index (χ0n) is 13.0. The lowest BCUT2D eigenvalue weighted by molar-refractivity contribution is 0.665. The van der Waals surface area contributed by atoms with Crippen LogP contribution < -0.4 is 16.4 Å². The smallest absolute Gasteiger partial charge is 0.222 e. The Morgan fingerprint density at radius 1 is 1.00 bits per heavy atom. The van der Waals surface area contributed by atoms with E-state index in [1.807, 2.05) is 18.2 Å². The van der Waals surface area contributed by atoms with Crippen LogP contribution in [0.1, 0.15) is 39.5 Å². The molecule has 0 fully saturated rings. The van der Waals surface area contributed by atoms with E-state index in [1.165, 1.54) is 12.8 Å². The van der Waals surface area contributed by atoms with Gasteiger partial charge in [-0.1, -0.05) is 26.7 Å². The lowest BCUT2D eigenvalue weighted by atomic mass is 10.2. The largest absolute Gasteiger partial charge is 0.399 e. The number of rotatable bonds is 7. The molecule has 1 aromatic carbocycles. The lowest BCUT2D eigenvalue weighted by Crippen LogP contribution is -2.27. The molecule has 0 atom stereocenters. The maximum atomic E-state index is 5.87. The van der Waals surface area contributed by atoms with Crippen molar-refractivity contribution in [1.29, 1.82) is 0 Å². The van der Waals surface area contributed by atoms with Crippen LogP contribution in [-0.2, 0) is 0 Å². The maximum Gasteiger partial charge on any atom is 0.222 e. The number of nitrogens with two attached hydrogens (primary N) is 2. The first-order chi connectivity index (χ1) is 10.2. The van der Waals surface area contributed by atoms with Crippen LogP contribution >= 0.6 is 0 Å². The van der Waals surface area contributed by atoms with Crippen molar-refractivity contribution in [1.82, 2.24) is 9.97 Å². The Morgan fingerprint density at radius 2 is 1.81 bits per heavy atom. The van der Waals surface area contributed by atoms with Gasteiger partial charge in [0.25, 0.3) is 0 Å². The molecule has 0 aliphatic heterocycles. The average Bonchev–Trinajstić information content (AvgIpc) is 2.45. The molecule has 5 nitrogen and oxygen atoms in total. The monoisotopic (exact) mass is 287 g/mol. The highest BCUT2D eigenvalue weighted by atomic mass is 15.2. The first kappa shape index (κ1) is 15.4. The molecule has 4 N–H and O–H groups in total. The number of anilines is 3. The standard InChI is InChI=1S/C16H25N5/c1-3-5-6-10-21(9-4-2)15-13-8-7-12(17)11-14(13)19-16(18)20-15/h7-8,11H,3-6,9-10,17H2,1-2H3,(H2,18,19,20). The Bertz CT molecular complexity index is 591. The number of hydrogen-bond acceptors (Lipinski definition) is 5. The van der Waals surface area contributed by atoms with Gasteiger partial charge in [0.2, 0.25) is 5.95 Å². The molecular weight excluding hydrogens is 262 g/mol. The molecule has 21 heavy (non-hydrogen) atoms.